The number of ether oxygens (including phenoxy) is 2. The first-order chi connectivity index (χ1) is 13.7. The molecule has 1 amide bonds. The Morgan fingerprint density at radius 3 is 2.25 bits per heavy atom. The molecule has 1 fully saturated rings. The summed E-state index contributed by atoms with van der Waals surface area (Å²) in [6.07, 6.45) is 6.89. The molecule has 6 nitrogen and oxygen atoms in total. The maximum Gasteiger partial charge on any atom is 0.343 e. The largest absolute Gasteiger partial charge is 0.497 e. The summed E-state index contributed by atoms with van der Waals surface area (Å²) in [6.45, 7) is 0. The van der Waals surface area contributed by atoms with Crippen LogP contribution in [0, 0.1) is 5.92 Å². The predicted octanol–water partition coefficient (Wildman–Crippen LogP) is 3.94. The normalized spacial score (nSPS) is 14.6. The van der Waals surface area contributed by atoms with Crippen molar-refractivity contribution in [3.05, 3.63) is 59.7 Å². The molecule has 1 aliphatic rings. The zero-order chi connectivity index (χ0) is 19.8. The summed E-state index contributed by atoms with van der Waals surface area (Å²) >= 11 is 0. The van der Waals surface area contributed by atoms with Crippen LogP contribution in [0.15, 0.2) is 53.6 Å². The van der Waals surface area contributed by atoms with Crippen LogP contribution < -0.4 is 14.9 Å². The second-order valence-electron chi connectivity index (χ2n) is 6.76. The van der Waals surface area contributed by atoms with Gasteiger partial charge in [0, 0.05) is 5.92 Å². The quantitative estimate of drug-likeness (QED) is 0.356. The summed E-state index contributed by atoms with van der Waals surface area (Å²) in [5.74, 6) is 0.732. The van der Waals surface area contributed by atoms with Crippen LogP contribution in [0.5, 0.6) is 11.5 Å². The smallest absolute Gasteiger partial charge is 0.343 e. The maximum absolute atomic E-state index is 12.2. The van der Waals surface area contributed by atoms with E-state index in [2.05, 4.69) is 10.5 Å². The molecule has 3 rings (SSSR count). The van der Waals surface area contributed by atoms with Crippen molar-refractivity contribution in [3.63, 3.8) is 0 Å². The Morgan fingerprint density at radius 1 is 0.964 bits per heavy atom. The zero-order valence-corrected chi connectivity index (χ0v) is 15.9. The van der Waals surface area contributed by atoms with Crippen LogP contribution in [-0.2, 0) is 4.79 Å². The van der Waals surface area contributed by atoms with E-state index in [1.54, 1.807) is 61.9 Å². The highest BCUT2D eigenvalue weighted by molar-refractivity contribution is 5.91. The number of rotatable bonds is 6. The molecule has 0 bridgehead atoms. The van der Waals surface area contributed by atoms with Gasteiger partial charge in [0.1, 0.15) is 11.5 Å². The Labute approximate surface area is 164 Å². The summed E-state index contributed by atoms with van der Waals surface area (Å²) in [7, 11) is 1.57. The molecule has 0 aromatic heterocycles. The van der Waals surface area contributed by atoms with Crippen molar-refractivity contribution in [2.75, 3.05) is 7.11 Å². The highest BCUT2D eigenvalue weighted by Gasteiger charge is 2.20. The summed E-state index contributed by atoms with van der Waals surface area (Å²) in [6, 6.07) is 13.6. The second-order valence-corrected chi connectivity index (χ2v) is 6.76. The highest BCUT2D eigenvalue weighted by atomic mass is 16.5. The Morgan fingerprint density at radius 2 is 1.61 bits per heavy atom. The number of amides is 1. The molecule has 0 spiro atoms. The third-order valence-electron chi connectivity index (χ3n) is 4.78. The SMILES string of the molecule is COc1ccc(C(=O)Oc2ccc(/C=N/NC(=O)C3CCCCC3)cc2)cc1. The molecule has 1 N–H and O–H groups in total. The average molecular weight is 380 g/mol. The molecule has 1 saturated carbocycles. The zero-order valence-electron chi connectivity index (χ0n) is 15.9. The van der Waals surface area contributed by atoms with Crippen molar-refractivity contribution in [1.82, 2.24) is 5.43 Å². The fourth-order valence-corrected chi connectivity index (χ4v) is 3.14. The molecule has 0 heterocycles. The fourth-order valence-electron chi connectivity index (χ4n) is 3.14. The van der Waals surface area contributed by atoms with Gasteiger partial charge in [-0.15, -0.1) is 0 Å². The lowest BCUT2D eigenvalue weighted by atomic mass is 9.89. The van der Waals surface area contributed by atoms with Crippen molar-refractivity contribution in [1.29, 1.82) is 0 Å². The van der Waals surface area contributed by atoms with Crippen LogP contribution in [0.2, 0.25) is 0 Å². The summed E-state index contributed by atoms with van der Waals surface area (Å²) in [5.41, 5.74) is 3.85. The number of carbonyl (C=O) groups is 2. The standard InChI is InChI=1S/C22H24N2O4/c1-27-19-13-9-18(10-14-19)22(26)28-20-11-7-16(8-12-20)15-23-24-21(25)17-5-3-2-4-6-17/h7-15,17H,2-6H2,1H3,(H,24,25)/b23-15+. The van der Waals surface area contributed by atoms with Crippen molar-refractivity contribution in [2.45, 2.75) is 32.1 Å². The van der Waals surface area contributed by atoms with Gasteiger partial charge < -0.3 is 9.47 Å². The van der Waals surface area contributed by atoms with Gasteiger partial charge in [-0.05, 0) is 66.9 Å². The molecule has 0 atom stereocenters. The minimum absolute atomic E-state index is 0.0130. The van der Waals surface area contributed by atoms with E-state index >= 15 is 0 Å². The number of hydrogen-bond acceptors (Lipinski definition) is 5. The number of nitrogens with zero attached hydrogens (tertiary/aromatic N) is 1. The van der Waals surface area contributed by atoms with Crippen molar-refractivity contribution < 1.29 is 19.1 Å². The minimum Gasteiger partial charge on any atom is -0.497 e. The molecule has 0 aliphatic heterocycles. The van der Waals surface area contributed by atoms with Crippen molar-refractivity contribution in [3.8, 4) is 11.5 Å². The molecular weight excluding hydrogens is 356 g/mol. The van der Waals surface area contributed by atoms with E-state index in [1.165, 1.54) is 6.42 Å². The van der Waals surface area contributed by atoms with Gasteiger partial charge in [-0.25, -0.2) is 10.2 Å². The maximum atomic E-state index is 12.2. The van der Waals surface area contributed by atoms with Gasteiger partial charge in [0.05, 0.1) is 18.9 Å². The average Bonchev–Trinajstić information content (AvgIpc) is 2.75. The van der Waals surface area contributed by atoms with Crippen LogP contribution in [0.3, 0.4) is 0 Å². The predicted molar refractivity (Wildman–Crippen MR) is 107 cm³/mol. The van der Waals surface area contributed by atoms with E-state index in [9.17, 15) is 9.59 Å². The van der Waals surface area contributed by atoms with Gasteiger partial charge in [0.15, 0.2) is 0 Å². The molecular formula is C22H24N2O4. The lowest BCUT2D eigenvalue weighted by Crippen LogP contribution is -2.28. The molecule has 1 aliphatic carbocycles. The third kappa shape index (κ3) is 5.42. The topological polar surface area (TPSA) is 77.0 Å². The lowest BCUT2D eigenvalue weighted by molar-refractivity contribution is -0.125. The van der Waals surface area contributed by atoms with Crippen molar-refractivity contribution in [2.24, 2.45) is 11.0 Å². The number of hydrogen-bond donors (Lipinski definition) is 1. The van der Waals surface area contributed by atoms with Crippen molar-refractivity contribution >= 4 is 18.1 Å². The van der Waals surface area contributed by atoms with Gasteiger partial charge in [0.25, 0.3) is 0 Å². The summed E-state index contributed by atoms with van der Waals surface area (Å²) in [4.78, 5) is 24.2. The Balaban J connectivity index is 1.51. The molecule has 0 saturated heterocycles. The number of esters is 1. The third-order valence-corrected chi connectivity index (χ3v) is 4.78. The number of benzene rings is 2. The molecule has 0 unspecified atom stereocenters. The first-order valence-corrected chi connectivity index (χ1v) is 9.45. The molecule has 28 heavy (non-hydrogen) atoms. The van der Waals surface area contributed by atoms with E-state index < -0.39 is 5.97 Å². The number of hydrazone groups is 1. The molecule has 6 heteroatoms. The van der Waals surface area contributed by atoms with Gasteiger partial charge in [-0.1, -0.05) is 19.3 Å². The summed E-state index contributed by atoms with van der Waals surface area (Å²) in [5, 5.41) is 4.03. The minimum atomic E-state index is -0.441. The Bertz CT molecular complexity index is 823. The monoisotopic (exact) mass is 380 g/mol. The van der Waals surface area contributed by atoms with Gasteiger partial charge in [-0.2, -0.15) is 5.10 Å². The molecule has 2 aromatic carbocycles. The number of methoxy groups -OCH3 is 1. The molecule has 146 valence electrons. The Kier molecular flexibility index (Phi) is 6.78. The van der Waals surface area contributed by atoms with E-state index in [0.717, 1.165) is 31.2 Å². The number of carbonyl (C=O) groups excluding carboxylic acids is 2. The molecule has 0 radical (unpaired) electrons. The van der Waals surface area contributed by atoms with Gasteiger partial charge in [0.2, 0.25) is 5.91 Å². The number of nitrogens with one attached hydrogen (secondary N) is 1. The van der Waals surface area contributed by atoms with Crippen LogP contribution in [0.1, 0.15) is 48.0 Å². The van der Waals surface area contributed by atoms with Gasteiger partial charge in [-0.3, -0.25) is 4.79 Å². The first kappa shape index (κ1) is 19.6. The van der Waals surface area contributed by atoms with E-state index in [4.69, 9.17) is 9.47 Å². The first-order valence-electron chi connectivity index (χ1n) is 9.45. The van der Waals surface area contributed by atoms with Crippen LogP contribution in [0.25, 0.3) is 0 Å². The van der Waals surface area contributed by atoms with Gasteiger partial charge >= 0.3 is 5.97 Å². The second kappa shape index (κ2) is 9.69. The fraction of sp³-hybridized carbons (Fsp3) is 0.318. The van der Waals surface area contributed by atoms with Crippen LogP contribution in [0.4, 0.5) is 0 Å². The highest BCUT2D eigenvalue weighted by Crippen LogP contribution is 2.23. The van der Waals surface area contributed by atoms with E-state index in [-0.39, 0.29) is 11.8 Å². The van der Waals surface area contributed by atoms with E-state index in [1.807, 2.05) is 0 Å². The lowest BCUT2D eigenvalue weighted by Gasteiger charge is -2.19. The summed E-state index contributed by atoms with van der Waals surface area (Å²) < 4.78 is 10.4. The molecule has 2 aromatic rings. The van der Waals surface area contributed by atoms with Crippen LogP contribution >= 0.6 is 0 Å². The Hall–Kier alpha value is -3.15. The van der Waals surface area contributed by atoms with Crippen LogP contribution in [-0.4, -0.2) is 25.2 Å². The van der Waals surface area contributed by atoms with E-state index in [0.29, 0.717) is 17.1 Å².